The van der Waals surface area contributed by atoms with Gasteiger partial charge in [0.2, 0.25) is 6.79 Å². The summed E-state index contributed by atoms with van der Waals surface area (Å²) in [4.78, 5) is 1.09. The predicted molar refractivity (Wildman–Crippen MR) is 55.0 cm³/mol. The maximum Gasteiger partial charge on any atom is 0.231 e. The van der Waals surface area contributed by atoms with Crippen LogP contribution in [0.4, 0.5) is 0 Å². The lowest BCUT2D eigenvalue weighted by Crippen LogP contribution is -2.01. The molecule has 1 aromatic carbocycles. The molecule has 1 aromatic rings. The first-order chi connectivity index (χ1) is 6.79. The van der Waals surface area contributed by atoms with Crippen molar-refractivity contribution in [3.05, 3.63) is 18.2 Å². The molecule has 1 unspecified atom stereocenters. The Bertz CT molecular complexity index is 327. The summed E-state index contributed by atoms with van der Waals surface area (Å²) in [5.74, 6) is 1.59. The van der Waals surface area contributed by atoms with Crippen molar-refractivity contribution in [2.24, 2.45) is 0 Å². The van der Waals surface area contributed by atoms with E-state index in [9.17, 15) is 0 Å². The molecule has 3 nitrogen and oxygen atoms in total. The number of rotatable bonds is 3. The molecule has 0 amide bonds. The number of thioether (sulfide) groups is 1. The molecule has 14 heavy (non-hydrogen) atoms. The largest absolute Gasteiger partial charge is 0.454 e. The SMILES string of the molecule is CC(CO)Sc1ccc2c(c1)OCO2. The van der Waals surface area contributed by atoms with E-state index in [2.05, 4.69) is 0 Å². The Morgan fingerprint density at radius 2 is 2.21 bits per heavy atom. The summed E-state index contributed by atoms with van der Waals surface area (Å²) in [6, 6.07) is 5.82. The molecule has 0 aromatic heterocycles. The van der Waals surface area contributed by atoms with E-state index in [0.717, 1.165) is 16.4 Å². The van der Waals surface area contributed by atoms with Gasteiger partial charge in [-0.2, -0.15) is 0 Å². The number of ether oxygens (including phenoxy) is 2. The monoisotopic (exact) mass is 212 g/mol. The van der Waals surface area contributed by atoms with Crippen LogP contribution in [-0.4, -0.2) is 23.8 Å². The van der Waals surface area contributed by atoms with Gasteiger partial charge >= 0.3 is 0 Å². The Balaban J connectivity index is 2.12. The van der Waals surface area contributed by atoms with Crippen molar-refractivity contribution in [2.75, 3.05) is 13.4 Å². The van der Waals surface area contributed by atoms with Crippen LogP contribution < -0.4 is 9.47 Å². The van der Waals surface area contributed by atoms with Crippen LogP contribution in [0.2, 0.25) is 0 Å². The summed E-state index contributed by atoms with van der Waals surface area (Å²) in [5.41, 5.74) is 0. The molecular weight excluding hydrogens is 200 g/mol. The maximum atomic E-state index is 8.91. The molecule has 0 bridgehead atoms. The number of aliphatic hydroxyl groups is 1. The fraction of sp³-hybridized carbons (Fsp3) is 0.400. The third kappa shape index (κ3) is 1.96. The molecule has 1 aliphatic heterocycles. The van der Waals surface area contributed by atoms with Crippen LogP contribution in [0.3, 0.4) is 0 Å². The highest BCUT2D eigenvalue weighted by Crippen LogP contribution is 2.36. The first-order valence-corrected chi connectivity index (χ1v) is 5.34. The molecule has 76 valence electrons. The highest BCUT2D eigenvalue weighted by molar-refractivity contribution is 8.00. The van der Waals surface area contributed by atoms with Crippen LogP contribution in [0.5, 0.6) is 11.5 Å². The first-order valence-electron chi connectivity index (χ1n) is 4.47. The Morgan fingerprint density at radius 3 is 3.00 bits per heavy atom. The number of hydrogen-bond acceptors (Lipinski definition) is 4. The van der Waals surface area contributed by atoms with Crippen molar-refractivity contribution < 1.29 is 14.6 Å². The summed E-state index contributed by atoms with van der Waals surface area (Å²) in [5, 5.41) is 9.12. The summed E-state index contributed by atoms with van der Waals surface area (Å²) < 4.78 is 10.5. The molecule has 0 fully saturated rings. The second kappa shape index (κ2) is 4.11. The third-order valence-corrected chi connectivity index (χ3v) is 3.02. The molecule has 1 atom stereocenters. The topological polar surface area (TPSA) is 38.7 Å². The summed E-state index contributed by atoms with van der Waals surface area (Å²) in [6.45, 7) is 2.47. The third-order valence-electron chi connectivity index (χ3n) is 1.94. The van der Waals surface area contributed by atoms with Crippen LogP contribution in [0.15, 0.2) is 23.1 Å². The molecule has 1 aliphatic rings. The molecule has 0 aliphatic carbocycles. The second-order valence-corrected chi connectivity index (χ2v) is 4.64. The lowest BCUT2D eigenvalue weighted by Gasteiger charge is -2.07. The fourth-order valence-electron chi connectivity index (χ4n) is 1.22. The van der Waals surface area contributed by atoms with E-state index in [1.165, 1.54) is 0 Å². The number of hydrogen-bond donors (Lipinski definition) is 1. The van der Waals surface area contributed by atoms with Crippen molar-refractivity contribution in [1.82, 2.24) is 0 Å². The minimum atomic E-state index is 0.180. The Morgan fingerprint density at radius 1 is 1.43 bits per heavy atom. The van der Waals surface area contributed by atoms with Gasteiger partial charge in [0.1, 0.15) is 0 Å². The van der Waals surface area contributed by atoms with Crippen LogP contribution in [0.25, 0.3) is 0 Å². The molecule has 1 N–H and O–H groups in total. The molecule has 1 heterocycles. The maximum absolute atomic E-state index is 8.91. The van der Waals surface area contributed by atoms with Crippen LogP contribution in [0.1, 0.15) is 6.92 Å². The van der Waals surface area contributed by atoms with Crippen LogP contribution >= 0.6 is 11.8 Å². The molecule has 0 spiro atoms. The Hall–Kier alpha value is -0.870. The predicted octanol–water partition coefficient (Wildman–Crippen LogP) is 1.89. The lowest BCUT2D eigenvalue weighted by molar-refractivity contribution is 0.174. The quantitative estimate of drug-likeness (QED) is 0.776. The first kappa shape index (κ1) is 9.68. The van der Waals surface area contributed by atoms with Crippen molar-refractivity contribution >= 4 is 11.8 Å². The summed E-state index contributed by atoms with van der Waals surface area (Å²) in [6.07, 6.45) is 0. The highest BCUT2D eigenvalue weighted by Gasteiger charge is 2.14. The minimum Gasteiger partial charge on any atom is -0.454 e. The standard InChI is InChI=1S/C10H12O3S/c1-7(5-11)14-8-2-3-9-10(4-8)13-6-12-9/h2-4,7,11H,5-6H2,1H3. The van der Waals surface area contributed by atoms with Gasteiger partial charge in [0.05, 0.1) is 6.61 Å². The van der Waals surface area contributed by atoms with E-state index in [4.69, 9.17) is 14.6 Å². The highest BCUT2D eigenvalue weighted by atomic mass is 32.2. The van der Waals surface area contributed by atoms with E-state index in [-0.39, 0.29) is 11.9 Å². The van der Waals surface area contributed by atoms with Gasteiger partial charge in [-0.15, -0.1) is 11.8 Å². The van der Waals surface area contributed by atoms with Gasteiger partial charge in [0, 0.05) is 10.1 Å². The molecule has 2 rings (SSSR count). The van der Waals surface area contributed by atoms with Crippen molar-refractivity contribution in [2.45, 2.75) is 17.1 Å². The number of fused-ring (bicyclic) bond motifs is 1. The zero-order valence-electron chi connectivity index (χ0n) is 7.90. The van der Waals surface area contributed by atoms with E-state index in [1.54, 1.807) is 11.8 Å². The average molecular weight is 212 g/mol. The van der Waals surface area contributed by atoms with Crippen molar-refractivity contribution in [1.29, 1.82) is 0 Å². The van der Waals surface area contributed by atoms with Gasteiger partial charge in [-0.1, -0.05) is 6.92 Å². The fourth-order valence-corrected chi connectivity index (χ4v) is 2.08. The smallest absolute Gasteiger partial charge is 0.231 e. The molecule has 4 heteroatoms. The Kier molecular flexibility index (Phi) is 2.84. The van der Waals surface area contributed by atoms with Crippen molar-refractivity contribution in [3.63, 3.8) is 0 Å². The van der Waals surface area contributed by atoms with Gasteiger partial charge < -0.3 is 14.6 Å². The van der Waals surface area contributed by atoms with E-state index in [1.807, 2.05) is 25.1 Å². The van der Waals surface area contributed by atoms with Crippen LogP contribution in [0, 0.1) is 0 Å². The zero-order chi connectivity index (χ0) is 9.97. The minimum absolute atomic E-state index is 0.180. The molecule has 0 saturated heterocycles. The van der Waals surface area contributed by atoms with E-state index in [0.29, 0.717) is 6.79 Å². The summed E-state index contributed by atoms with van der Waals surface area (Å²) >= 11 is 1.62. The second-order valence-electron chi connectivity index (χ2n) is 3.13. The van der Waals surface area contributed by atoms with Gasteiger partial charge in [-0.3, -0.25) is 0 Å². The van der Waals surface area contributed by atoms with E-state index >= 15 is 0 Å². The van der Waals surface area contributed by atoms with Gasteiger partial charge in [0.15, 0.2) is 11.5 Å². The van der Waals surface area contributed by atoms with Gasteiger partial charge in [0.25, 0.3) is 0 Å². The zero-order valence-corrected chi connectivity index (χ0v) is 8.71. The summed E-state index contributed by atoms with van der Waals surface area (Å²) in [7, 11) is 0. The molecular formula is C10H12O3S. The number of benzene rings is 1. The van der Waals surface area contributed by atoms with Crippen LogP contribution in [-0.2, 0) is 0 Å². The Labute approximate surface area is 87.0 Å². The van der Waals surface area contributed by atoms with Crippen molar-refractivity contribution in [3.8, 4) is 11.5 Å². The normalized spacial score (nSPS) is 15.6. The van der Waals surface area contributed by atoms with E-state index < -0.39 is 0 Å². The lowest BCUT2D eigenvalue weighted by atomic mass is 10.3. The van der Waals surface area contributed by atoms with Gasteiger partial charge in [-0.25, -0.2) is 0 Å². The van der Waals surface area contributed by atoms with Gasteiger partial charge in [-0.05, 0) is 18.2 Å². The average Bonchev–Trinajstić information content (AvgIpc) is 2.64. The molecule has 0 saturated carbocycles. The number of aliphatic hydroxyl groups excluding tert-OH is 1. The molecule has 0 radical (unpaired) electrons.